The molecule has 3 aromatic carbocycles. The van der Waals surface area contributed by atoms with E-state index in [-0.39, 0.29) is 23.4 Å². The van der Waals surface area contributed by atoms with E-state index in [2.05, 4.69) is 21.2 Å². The van der Waals surface area contributed by atoms with Crippen molar-refractivity contribution in [2.75, 3.05) is 18.0 Å². The fraction of sp³-hybridized carbons (Fsp3) is 0.333. The van der Waals surface area contributed by atoms with E-state index in [4.69, 9.17) is 4.74 Å². The highest BCUT2D eigenvalue weighted by Crippen LogP contribution is 2.27. The third kappa shape index (κ3) is 7.22. The molecule has 3 aromatic rings. The molecule has 0 radical (unpaired) electrons. The van der Waals surface area contributed by atoms with Gasteiger partial charge in [0.1, 0.15) is 18.3 Å². The number of methoxy groups -OCH3 is 1. The summed E-state index contributed by atoms with van der Waals surface area (Å²) in [6.07, 6.45) is 3.94. The van der Waals surface area contributed by atoms with Gasteiger partial charge in [-0.1, -0.05) is 65.2 Å². The van der Waals surface area contributed by atoms with Gasteiger partial charge < -0.3 is 15.0 Å². The number of hydrogen-bond donors (Lipinski definition) is 1. The molecule has 40 heavy (non-hydrogen) atoms. The van der Waals surface area contributed by atoms with Gasteiger partial charge >= 0.3 is 0 Å². The number of hydrogen-bond acceptors (Lipinski definition) is 5. The normalized spacial score (nSPS) is 14.4. The molecule has 0 unspecified atom stereocenters. The Morgan fingerprint density at radius 2 is 1.70 bits per heavy atom. The number of nitrogens with one attached hydrogen (secondary N) is 1. The molecule has 10 heteroatoms. The highest BCUT2D eigenvalue weighted by atomic mass is 79.9. The third-order valence-corrected chi connectivity index (χ3v) is 9.34. The number of carbonyl (C=O) groups excluding carboxylic acids is 2. The third-order valence-electron chi connectivity index (χ3n) is 7.06. The van der Waals surface area contributed by atoms with Crippen molar-refractivity contribution in [3.05, 3.63) is 88.9 Å². The first-order valence-corrected chi connectivity index (χ1v) is 15.5. The average molecular weight is 629 g/mol. The minimum Gasteiger partial charge on any atom is -0.497 e. The van der Waals surface area contributed by atoms with Crippen molar-refractivity contribution < 1.29 is 22.7 Å². The summed E-state index contributed by atoms with van der Waals surface area (Å²) in [5, 5.41) is 3.08. The van der Waals surface area contributed by atoms with Crippen LogP contribution in [0.5, 0.6) is 5.75 Å². The molecule has 1 N–H and O–H groups in total. The molecule has 1 saturated carbocycles. The van der Waals surface area contributed by atoms with Gasteiger partial charge in [-0.05, 0) is 67.8 Å². The van der Waals surface area contributed by atoms with Gasteiger partial charge in [-0.3, -0.25) is 13.9 Å². The van der Waals surface area contributed by atoms with Crippen LogP contribution < -0.4 is 14.4 Å². The Bertz CT molecular complexity index is 1430. The summed E-state index contributed by atoms with van der Waals surface area (Å²) in [6.45, 7) is 1.29. The lowest BCUT2D eigenvalue weighted by Gasteiger charge is -2.32. The van der Waals surface area contributed by atoms with Crippen LogP contribution in [0.3, 0.4) is 0 Å². The summed E-state index contributed by atoms with van der Waals surface area (Å²) in [4.78, 5) is 28.8. The molecule has 1 atom stereocenters. The van der Waals surface area contributed by atoms with Crippen molar-refractivity contribution in [2.24, 2.45) is 0 Å². The van der Waals surface area contributed by atoms with Gasteiger partial charge in [0.05, 0.1) is 17.7 Å². The summed E-state index contributed by atoms with van der Waals surface area (Å²) in [6, 6.07) is 21.3. The fourth-order valence-corrected chi connectivity index (χ4v) is 6.64. The van der Waals surface area contributed by atoms with Crippen LogP contribution in [-0.2, 0) is 26.2 Å². The molecule has 0 aliphatic heterocycles. The number of ether oxygens (including phenoxy) is 1. The summed E-state index contributed by atoms with van der Waals surface area (Å²) in [5.41, 5.74) is 1.09. The van der Waals surface area contributed by atoms with E-state index in [1.54, 1.807) is 68.6 Å². The molecule has 2 amide bonds. The number of amides is 2. The maximum absolute atomic E-state index is 14.0. The quantitative estimate of drug-likeness (QED) is 0.318. The minimum atomic E-state index is -4.10. The van der Waals surface area contributed by atoms with Gasteiger partial charge in [0.25, 0.3) is 10.0 Å². The molecule has 0 bridgehead atoms. The molecule has 8 nitrogen and oxygen atoms in total. The standard InChI is InChI=1S/C30H34BrN3O5S/c1-22(30(36)32-25-12-6-7-13-25)33(20-23-10-8-15-27(18-23)39-2)29(35)21-34(26-14-9-11-24(31)19-26)40(37,38)28-16-4-3-5-17-28/h3-5,8-11,14-19,22,25H,6-7,12-13,20-21H2,1-2H3,(H,32,36)/t22-/m0/s1. The topological polar surface area (TPSA) is 96.0 Å². The van der Waals surface area contributed by atoms with Crippen LogP contribution in [0.2, 0.25) is 0 Å². The van der Waals surface area contributed by atoms with E-state index in [1.165, 1.54) is 17.0 Å². The second kappa shape index (κ2) is 13.3. The van der Waals surface area contributed by atoms with E-state index >= 15 is 0 Å². The zero-order chi connectivity index (χ0) is 28.7. The highest BCUT2D eigenvalue weighted by molar-refractivity contribution is 9.10. The molecule has 0 aromatic heterocycles. The SMILES string of the molecule is COc1cccc(CN(C(=O)CN(c2cccc(Br)c2)S(=O)(=O)c2ccccc2)[C@@H](C)C(=O)NC2CCCC2)c1. The second-order valence-electron chi connectivity index (χ2n) is 9.84. The Hall–Kier alpha value is -3.37. The van der Waals surface area contributed by atoms with Gasteiger partial charge in [-0.15, -0.1) is 0 Å². The van der Waals surface area contributed by atoms with Crippen molar-refractivity contribution in [3.63, 3.8) is 0 Å². The van der Waals surface area contributed by atoms with E-state index in [0.29, 0.717) is 15.9 Å². The monoisotopic (exact) mass is 627 g/mol. The second-order valence-corrected chi connectivity index (χ2v) is 12.6. The Morgan fingerprint density at radius 1 is 1.00 bits per heavy atom. The van der Waals surface area contributed by atoms with E-state index in [0.717, 1.165) is 35.6 Å². The van der Waals surface area contributed by atoms with Crippen LogP contribution in [0, 0.1) is 0 Å². The first-order valence-electron chi connectivity index (χ1n) is 13.2. The summed E-state index contributed by atoms with van der Waals surface area (Å²) in [7, 11) is -2.54. The Labute approximate surface area is 244 Å². The molecular weight excluding hydrogens is 594 g/mol. The average Bonchev–Trinajstić information content (AvgIpc) is 3.47. The summed E-state index contributed by atoms with van der Waals surface area (Å²) >= 11 is 3.41. The van der Waals surface area contributed by atoms with Crippen molar-refractivity contribution in [1.82, 2.24) is 10.2 Å². The summed E-state index contributed by atoms with van der Waals surface area (Å²) in [5.74, 6) is -0.144. The van der Waals surface area contributed by atoms with Crippen molar-refractivity contribution in [2.45, 2.75) is 56.1 Å². The molecule has 0 saturated heterocycles. The fourth-order valence-electron chi connectivity index (χ4n) is 4.82. The van der Waals surface area contributed by atoms with E-state index in [9.17, 15) is 18.0 Å². The summed E-state index contributed by atoms with van der Waals surface area (Å²) < 4.78 is 34.8. The van der Waals surface area contributed by atoms with Crippen LogP contribution in [0.25, 0.3) is 0 Å². The minimum absolute atomic E-state index is 0.0640. The van der Waals surface area contributed by atoms with Crippen LogP contribution in [-0.4, -0.2) is 50.9 Å². The van der Waals surface area contributed by atoms with E-state index in [1.807, 2.05) is 12.1 Å². The largest absolute Gasteiger partial charge is 0.497 e. The maximum Gasteiger partial charge on any atom is 0.264 e. The maximum atomic E-state index is 14.0. The number of carbonyl (C=O) groups is 2. The lowest BCUT2D eigenvalue weighted by atomic mass is 10.1. The van der Waals surface area contributed by atoms with Gasteiger partial charge in [0, 0.05) is 17.1 Å². The molecule has 4 rings (SSSR count). The van der Waals surface area contributed by atoms with Gasteiger partial charge in [-0.25, -0.2) is 8.42 Å². The van der Waals surface area contributed by atoms with Crippen LogP contribution >= 0.6 is 15.9 Å². The number of anilines is 1. The predicted molar refractivity (Wildman–Crippen MR) is 159 cm³/mol. The Kier molecular flexibility index (Phi) is 9.86. The molecule has 0 heterocycles. The smallest absolute Gasteiger partial charge is 0.264 e. The molecule has 212 valence electrons. The van der Waals surface area contributed by atoms with Crippen LogP contribution in [0.15, 0.2) is 88.2 Å². The first-order chi connectivity index (χ1) is 19.2. The number of sulfonamides is 1. The van der Waals surface area contributed by atoms with Crippen LogP contribution in [0.1, 0.15) is 38.2 Å². The van der Waals surface area contributed by atoms with Crippen LogP contribution in [0.4, 0.5) is 5.69 Å². The number of rotatable bonds is 11. The number of nitrogens with zero attached hydrogens (tertiary/aromatic N) is 2. The lowest BCUT2D eigenvalue weighted by Crippen LogP contribution is -2.52. The molecule has 0 spiro atoms. The Morgan fingerprint density at radius 3 is 2.38 bits per heavy atom. The van der Waals surface area contributed by atoms with Crippen molar-refractivity contribution >= 4 is 43.5 Å². The molecule has 1 aliphatic rings. The number of benzene rings is 3. The zero-order valence-corrected chi connectivity index (χ0v) is 25.0. The molecular formula is C30H34BrN3O5S. The van der Waals surface area contributed by atoms with Crippen molar-refractivity contribution in [3.8, 4) is 5.75 Å². The highest BCUT2D eigenvalue weighted by Gasteiger charge is 2.33. The van der Waals surface area contributed by atoms with Gasteiger partial charge in [0.15, 0.2) is 0 Å². The Balaban J connectivity index is 1.68. The van der Waals surface area contributed by atoms with E-state index < -0.39 is 28.5 Å². The molecule has 1 aliphatic carbocycles. The lowest BCUT2D eigenvalue weighted by molar-refractivity contribution is -0.139. The van der Waals surface area contributed by atoms with Gasteiger partial charge in [0.2, 0.25) is 11.8 Å². The predicted octanol–water partition coefficient (Wildman–Crippen LogP) is 5.13. The van der Waals surface area contributed by atoms with Crippen molar-refractivity contribution in [1.29, 1.82) is 0 Å². The first kappa shape index (κ1) is 29.6. The molecule has 1 fully saturated rings. The zero-order valence-electron chi connectivity index (χ0n) is 22.6. The van der Waals surface area contributed by atoms with Gasteiger partial charge in [-0.2, -0.15) is 0 Å². The number of halogens is 1.